The SMILES string of the molecule is CCOP(=S)(OCC)SCCSCC.NC(=O)[O-]. The lowest BCUT2D eigenvalue weighted by atomic mass is 10.9. The molecule has 0 aromatic rings. The molecule has 0 radical (unpaired) electrons. The predicted molar refractivity (Wildman–Crippen MR) is 82.6 cm³/mol. The van der Waals surface area contributed by atoms with Gasteiger partial charge in [0, 0.05) is 11.5 Å². The number of primary amides is 1. The molecule has 0 fully saturated rings. The van der Waals surface area contributed by atoms with Gasteiger partial charge in [0.2, 0.25) is 5.69 Å². The maximum Gasteiger partial charge on any atom is 0.247 e. The molecule has 0 aliphatic heterocycles. The molecule has 0 aliphatic rings. The first-order valence-corrected chi connectivity index (χ1v) is 10.9. The largest absolute Gasteiger partial charge is 0.530 e. The van der Waals surface area contributed by atoms with Crippen molar-refractivity contribution < 1.29 is 18.9 Å². The molecule has 2 N–H and O–H groups in total. The van der Waals surface area contributed by atoms with E-state index in [4.69, 9.17) is 30.8 Å². The number of carboxylic acid groups (broad SMARTS) is 1. The lowest BCUT2D eigenvalue weighted by Gasteiger charge is -2.19. The fourth-order valence-corrected chi connectivity index (χ4v) is 6.64. The maximum absolute atomic E-state index is 8.67. The van der Waals surface area contributed by atoms with E-state index in [1.807, 2.05) is 25.6 Å². The van der Waals surface area contributed by atoms with Crippen molar-refractivity contribution in [2.45, 2.75) is 20.8 Å². The van der Waals surface area contributed by atoms with E-state index < -0.39 is 11.8 Å². The topological polar surface area (TPSA) is 84.6 Å². The Balaban J connectivity index is 0. The fourth-order valence-electron chi connectivity index (χ4n) is 0.780. The van der Waals surface area contributed by atoms with E-state index in [2.05, 4.69) is 12.7 Å². The van der Waals surface area contributed by atoms with E-state index >= 15 is 0 Å². The molecule has 0 spiro atoms. The van der Waals surface area contributed by atoms with Gasteiger partial charge in [0.1, 0.15) is 6.09 Å². The average Bonchev–Trinajstić information content (AvgIpc) is 2.24. The second-order valence-electron chi connectivity index (χ2n) is 2.63. The number of thioether (sulfide) groups is 1. The highest BCUT2D eigenvalue weighted by atomic mass is 32.9. The Bertz CT molecular complexity index is 242. The van der Waals surface area contributed by atoms with Crippen molar-refractivity contribution in [2.75, 3.05) is 30.5 Å². The summed E-state index contributed by atoms with van der Waals surface area (Å²) >= 11 is 8.97. The number of carbonyl (C=O) groups excluding carboxylic acids is 1. The Morgan fingerprint density at radius 3 is 2.06 bits per heavy atom. The van der Waals surface area contributed by atoms with Gasteiger partial charge in [-0.2, -0.15) is 11.8 Å². The summed E-state index contributed by atoms with van der Waals surface area (Å²) < 4.78 is 11.0. The van der Waals surface area contributed by atoms with Crippen LogP contribution in [0.25, 0.3) is 0 Å². The maximum atomic E-state index is 8.67. The standard InChI is InChI=1S/C8H19O2PS3.CH3NO2/c1-4-9-11(12,10-5-2)14-8-7-13-6-3;2-1(3)4/h4-8H2,1-3H3;2H2,(H,3,4)/p-1. The zero-order valence-electron chi connectivity index (χ0n) is 10.9. The number of rotatable bonds is 9. The highest BCUT2D eigenvalue weighted by Gasteiger charge is 2.17. The summed E-state index contributed by atoms with van der Waals surface area (Å²) in [6.45, 7) is 7.37. The monoisotopic (exact) mass is 334 g/mol. The minimum absolute atomic E-state index is 0.644. The zero-order valence-corrected chi connectivity index (χ0v) is 14.3. The lowest BCUT2D eigenvalue weighted by molar-refractivity contribution is -0.245. The molecule has 0 aromatic heterocycles. The van der Waals surface area contributed by atoms with Crippen LogP contribution < -0.4 is 10.8 Å². The van der Waals surface area contributed by atoms with Crippen LogP contribution in [0.3, 0.4) is 0 Å². The van der Waals surface area contributed by atoms with Gasteiger partial charge < -0.3 is 24.7 Å². The minimum atomic E-state index is -2.02. The summed E-state index contributed by atoms with van der Waals surface area (Å²) in [5.41, 5.74) is 1.89. The second kappa shape index (κ2) is 14.0. The first-order valence-electron chi connectivity index (χ1n) is 5.49. The third kappa shape index (κ3) is 16.5. The van der Waals surface area contributed by atoms with Gasteiger partial charge in [-0.3, -0.25) is 0 Å². The van der Waals surface area contributed by atoms with Gasteiger partial charge in [-0.05, 0) is 31.4 Å². The van der Waals surface area contributed by atoms with Crippen LogP contribution in [-0.2, 0) is 20.9 Å². The van der Waals surface area contributed by atoms with Gasteiger partial charge in [-0.1, -0.05) is 18.3 Å². The van der Waals surface area contributed by atoms with Gasteiger partial charge in [0.25, 0.3) is 0 Å². The zero-order chi connectivity index (χ0) is 14.4. The molecule has 0 aliphatic carbocycles. The van der Waals surface area contributed by atoms with E-state index in [1.54, 1.807) is 11.4 Å². The van der Waals surface area contributed by atoms with E-state index in [-0.39, 0.29) is 0 Å². The van der Waals surface area contributed by atoms with Crippen LogP contribution in [0.15, 0.2) is 0 Å². The van der Waals surface area contributed by atoms with Crippen molar-refractivity contribution in [3.63, 3.8) is 0 Å². The quantitative estimate of drug-likeness (QED) is 0.510. The number of hydrogen-bond acceptors (Lipinski definition) is 7. The number of carbonyl (C=O) groups is 1. The van der Waals surface area contributed by atoms with Crippen molar-refractivity contribution >= 4 is 46.7 Å². The van der Waals surface area contributed by atoms with Gasteiger partial charge >= 0.3 is 0 Å². The highest BCUT2D eigenvalue weighted by molar-refractivity contribution is 8.68. The molecule has 18 heavy (non-hydrogen) atoms. The summed E-state index contributed by atoms with van der Waals surface area (Å²) in [5, 5.41) is 8.67. The van der Waals surface area contributed by atoms with E-state index in [1.165, 1.54) is 0 Å². The van der Waals surface area contributed by atoms with Crippen LogP contribution in [0.2, 0.25) is 0 Å². The smallest absolute Gasteiger partial charge is 0.247 e. The Kier molecular flexibility index (Phi) is 16.2. The Morgan fingerprint density at radius 1 is 1.28 bits per heavy atom. The first kappa shape index (κ1) is 20.8. The van der Waals surface area contributed by atoms with Gasteiger partial charge in [0.15, 0.2) is 0 Å². The van der Waals surface area contributed by atoms with Crippen LogP contribution >= 0.6 is 28.8 Å². The van der Waals surface area contributed by atoms with Crippen LogP contribution in [0.1, 0.15) is 20.8 Å². The first-order chi connectivity index (χ1) is 8.41. The minimum Gasteiger partial charge on any atom is -0.530 e. The average molecular weight is 334 g/mol. The van der Waals surface area contributed by atoms with Crippen LogP contribution in [-0.4, -0.2) is 36.6 Å². The van der Waals surface area contributed by atoms with Gasteiger partial charge in [-0.25, -0.2) is 0 Å². The van der Waals surface area contributed by atoms with Gasteiger partial charge in [-0.15, -0.1) is 0 Å². The normalized spacial score (nSPS) is 10.6. The Hall–Kier alpha value is 0.540. The van der Waals surface area contributed by atoms with Crippen LogP contribution in [0.5, 0.6) is 0 Å². The molecule has 110 valence electrons. The summed E-state index contributed by atoms with van der Waals surface area (Å²) in [6, 6.07) is 0. The van der Waals surface area contributed by atoms with E-state index in [0.717, 1.165) is 17.3 Å². The molecule has 0 unspecified atom stereocenters. The molecular weight excluding hydrogens is 313 g/mol. The predicted octanol–water partition coefficient (Wildman–Crippen LogP) is 2.06. The van der Waals surface area contributed by atoms with E-state index in [9.17, 15) is 0 Å². The van der Waals surface area contributed by atoms with Crippen molar-refractivity contribution in [2.24, 2.45) is 5.73 Å². The third-order valence-electron chi connectivity index (χ3n) is 1.26. The molecule has 9 heteroatoms. The van der Waals surface area contributed by atoms with Gasteiger partial charge in [0.05, 0.1) is 13.2 Å². The Labute approximate surface area is 122 Å². The second-order valence-corrected chi connectivity index (χ2v) is 10.5. The molecular formula is C9H21NO4PS3-. The molecule has 0 saturated carbocycles. The summed E-state index contributed by atoms with van der Waals surface area (Å²) in [5.74, 6) is 3.31. The van der Waals surface area contributed by atoms with Crippen LogP contribution in [0.4, 0.5) is 4.79 Å². The van der Waals surface area contributed by atoms with Crippen molar-refractivity contribution in [3.05, 3.63) is 0 Å². The van der Waals surface area contributed by atoms with Crippen molar-refractivity contribution in [1.29, 1.82) is 0 Å². The number of hydrogen-bond donors (Lipinski definition) is 1. The van der Waals surface area contributed by atoms with Crippen molar-refractivity contribution in [1.82, 2.24) is 0 Å². The molecule has 0 aromatic carbocycles. The van der Waals surface area contributed by atoms with E-state index in [0.29, 0.717) is 13.2 Å². The molecule has 0 heterocycles. The lowest BCUT2D eigenvalue weighted by Crippen LogP contribution is -2.29. The molecule has 0 atom stereocenters. The molecule has 0 bridgehead atoms. The third-order valence-corrected chi connectivity index (χ3v) is 7.98. The molecule has 1 amide bonds. The molecule has 0 rings (SSSR count). The number of nitrogens with two attached hydrogens (primary N) is 1. The van der Waals surface area contributed by atoms with Crippen LogP contribution in [0, 0.1) is 0 Å². The van der Waals surface area contributed by atoms with Crippen molar-refractivity contribution in [3.8, 4) is 0 Å². The Morgan fingerprint density at radius 2 is 1.72 bits per heavy atom. The molecule has 0 saturated heterocycles. The summed E-state index contributed by atoms with van der Waals surface area (Å²) in [7, 11) is 0. The highest BCUT2D eigenvalue weighted by Crippen LogP contribution is 2.60. The summed E-state index contributed by atoms with van der Waals surface area (Å²) in [4.78, 5) is 8.67. The number of amides is 1. The molecule has 5 nitrogen and oxygen atoms in total. The summed E-state index contributed by atoms with van der Waals surface area (Å²) in [6.07, 6.45) is -1.58. The fraction of sp³-hybridized carbons (Fsp3) is 0.889.